The lowest BCUT2D eigenvalue weighted by molar-refractivity contribution is -0.00129. The maximum absolute atomic E-state index is 12.3. The highest BCUT2D eigenvalue weighted by Crippen LogP contribution is 2.53. The highest BCUT2D eigenvalue weighted by atomic mass is 16.6. The van der Waals surface area contributed by atoms with Crippen molar-refractivity contribution in [3.63, 3.8) is 0 Å². The first-order valence-corrected chi connectivity index (χ1v) is 7.67. The number of benzene rings is 1. The normalized spacial score (nSPS) is 29.7. The van der Waals surface area contributed by atoms with Gasteiger partial charge in [0.15, 0.2) is 11.5 Å². The summed E-state index contributed by atoms with van der Waals surface area (Å²) in [6.45, 7) is 6.81. The molecule has 0 N–H and O–H groups in total. The molecule has 0 aliphatic carbocycles. The van der Waals surface area contributed by atoms with Gasteiger partial charge >= 0.3 is 6.09 Å². The topological polar surface area (TPSA) is 48.0 Å². The van der Waals surface area contributed by atoms with Gasteiger partial charge in [-0.25, -0.2) is 4.79 Å². The summed E-state index contributed by atoms with van der Waals surface area (Å²) >= 11 is 0. The van der Waals surface area contributed by atoms with Gasteiger partial charge in [-0.05, 0) is 49.9 Å². The quantitative estimate of drug-likeness (QED) is 0.861. The Morgan fingerprint density at radius 3 is 2.45 bits per heavy atom. The Kier molecular flexibility index (Phi) is 3.27. The summed E-state index contributed by atoms with van der Waals surface area (Å²) in [5, 5.41) is 0. The molecule has 1 aromatic rings. The van der Waals surface area contributed by atoms with Crippen LogP contribution in [-0.2, 0) is 16.7 Å². The van der Waals surface area contributed by atoms with Crippen LogP contribution in [-0.4, -0.2) is 37.4 Å². The van der Waals surface area contributed by atoms with E-state index in [2.05, 4.69) is 13.8 Å². The van der Waals surface area contributed by atoms with Gasteiger partial charge in [0.25, 0.3) is 0 Å². The summed E-state index contributed by atoms with van der Waals surface area (Å²) in [6, 6.07) is 4.02. The summed E-state index contributed by atoms with van der Waals surface area (Å²) in [4.78, 5) is 14.2. The fourth-order valence-corrected chi connectivity index (χ4v) is 3.79. The second-order valence-corrected chi connectivity index (χ2v) is 6.29. The zero-order valence-corrected chi connectivity index (χ0v) is 13.9. The summed E-state index contributed by atoms with van der Waals surface area (Å²) in [7, 11) is 3.27. The molecule has 120 valence electrons. The van der Waals surface area contributed by atoms with E-state index >= 15 is 0 Å². The maximum atomic E-state index is 12.3. The molecule has 2 aliphatic heterocycles. The van der Waals surface area contributed by atoms with E-state index in [1.807, 2.05) is 24.0 Å². The number of carbonyl (C=O) groups is 1. The van der Waals surface area contributed by atoms with Crippen LogP contribution >= 0.6 is 0 Å². The van der Waals surface area contributed by atoms with Crippen molar-refractivity contribution in [1.82, 2.24) is 4.90 Å². The first-order valence-electron chi connectivity index (χ1n) is 7.67. The van der Waals surface area contributed by atoms with E-state index in [1.165, 1.54) is 5.56 Å². The van der Waals surface area contributed by atoms with Crippen molar-refractivity contribution >= 4 is 6.09 Å². The molecule has 1 aromatic carbocycles. The molecule has 1 saturated heterocycles. The molecule has 1 fully saturated rings. The van der Waals surface area contributed by atoms with Gasteiger partial charge in [0.1, 0.15) is 11.1 Å². The Morgan fingerprint density at radius 1 is 1.23 bits per heavy atom. The smallest absolute Gasteiger partial charge is 0.411 e. The highest BCUT2D eigenvalue weighted by Gasteiger charge is 2.61. The molecule has 0 radical (unpaired) electrons. The molecule has 5 heteroatoms. The average Bonchev–Trinajstić information content (AvgIpc) is 2.73. The third-order valence-electron chi connectivity index (χ3n) is 5.52. The van der Waals surface area contributed by atoms with Crippen LogP contribution in [0.5, 0.6) is 11.5 Å². The number of rotatable bonds is 3. The minimum absolute atomic E-state index is 0.229. The Labute approximate surface area is 131 Å². The molecular formula is C17H23NO4. The number of methoxy groups -OCH3 is 2. The van der Waals surface area contributed by atoms with Crippen LogP contribution in [0.25, 0.3) is 0 Å². The third kappa shape index (κ3) is 1.68. The predicted octanol–water partition coefficient (Wildman–Crippen LogP) is 3.10. The number of amides is 1. The van der Waals surface area contributed by atoms with Crippen LogP contribution in [0.3, 0.4) is 0 Å². The molecule has 0 bridgehead atoms. The van der Waals surface area contributed by atoms with E-state index in [4.69, 9.17) is 14.2 Å². The number of hydrogen-bond acceptors (Lipinski definition) is 4. The van der Waals surface area contributed by atoms with Crippen molar-refractivity contribution < 1.29 is 19.0 Å². The highest BCUT2D eigenvalue weighted by molar-refractivity contribution is 5.75. The van der Waals surface area contributed by atoms with E-state index in [1.54, 1.807) is 14.2 Å². The Balaban J connectivity index is 2.24. The van der Waals surface area contributed by atoms with Crippen LogP contribution in [0.2, 0.25) is 0 Å². The first kappa shape index (κ1) is 15.0. The Hall–Kier alpha value is -1.91. The van der Waals surface area contributed by atoms with Crippen LogP contribution in [0.1, 0.15) is 38.3 Å². The lowest BCUT2D eigenvalue weighted by Gasteiger charge is -2.46. The van der Waals surface area contributed by atoms with E-state index in [0.29, 0.717) is 12.3 Å². The van der Waals surface area contributed by atoms with Gasteiger partial charge in [0.05, 0.1) is 14.2 Å². The van der Waals surface area contributed by atoms with E-state index in [0.717, 1.165) is 24.2 Å². The summed E-state index contributed by atoms with van der Waals surface area (Å²) in [5.41, 5.74) is 1.23. The molecule has 0 saturated carbocycles. The summed E-state index contributed by atoms with van der Waals surface area (Å²) < 4.78 is 16.6. The number of carbonyl (C=O) groups excluding carboxylic acids is 1. The predicted molar refractivity (Wildman–Crippen MR) is 82.5 cm³/mol. The molecule has 0 spiro atoms. The monoisotopic (exact) mass is 305 g/mol. The van der Waals surface area contributed by atoms with Crippen molar-refractivity contribution in [3.8, 4) is 11.5 Å². The molecule has 1 amide bonds. The summed E-state index contributed by atoms with van der Waals surface area (Å²) in [5.74, 6) is 1.41. The maximum Gasteiger partial charge on any atom is 0.411 e. The minimum Gasteiger partial charge on any atom is -0.493 e. The van der Waals surface area contributed by atoms with Gasteiger partial charge in [-0.1, -0.05) is 6.92 Å². The van der Waals surface area contributed by atoms with Crippen LogP contribution < -0.4 is 9.47 Å². The molecule has 2 aliphatic rings. The first-order chi connectivity index (χ1) is 10.4. The van der Waals surface area contributed by atoms with Crippen molar-refractivity contribution in [3.05, 3.63) is 23.3 Å². The second kappa shape index (κ2) is 4.80. The molecule has 3 rings (SSSR count). The lowest BCUT2D eigenvalue weighted by Crippen LogP contribution is -2.55. The van der Waals surface area contributed by atoms with Gasteiger partial charge in [-0.2, -0.15) is 0 Å². The van der Waals surface area contributed by atoms with Crippen LogP contribution in [0.15, 0.2) is 12.1 Å². The number of ether oxygens (including phenoxy) is 3. The van der Waals surface area contributed by atoms with Gasteiger partial charge < -0.3 is 14.2 Å². The van der Waals surface area contributed by atoms with Crippen molar-refractivity contribution in [1.29, 1.82) is 0 Å². The minimum atomic E-state index is -0.557. The van der Waals surface area contributed by atoms with E-state index < -0.39 is 11.1 Å². The van der Waals surface area contributed by atoms with Crippen molar-refractivity contribution in [2.45, 2.75) is 44.8 Å². The SMILES string of the molecule is CC[C@@]1(C)OC(=O)N2CCc3cc(OC)c(OC)cc3[C@]21C. The second-order valence-electron chi connectivity index (χ2n) is 6.29. The fourth-order valence-electron chi connectivity index (χ4n) is 3.79. The van der Waals surface area contributed by atoms with Gasteiger partial charge in [0, 0.05) is 6.54 Å². The van der Waals surface area contributed by atoms with Crippen LogP contribution in [0, 0.1) is 0 Å². The Bertz CT molecular complexity index is 629. The molecule has 0 aromatic heterocycles. The molecule has 2 atom stereocenters. The molecule has 2 heterocycles. The van der Waals surface area contributed by atoms with Gasteiger partial charge in [-0.15, -0.1) is 0 Å². The number of hydrogen-bond donors (Lipinski definition) is 0. The lowest BCUT2D eigenvalue weighted by atomic mass is 9.71. The zero-order valence-electron chi connectivity index (χ0n) is 13.9. The number of nitrogens with zero attached hydrogens (tertiary/aromatic N) is 1. The fraction of sp³-hybridized carbons (Fsp3) is 0.588. The summed E-state index contributed by atoms with van der Waals surface area (Å²) in [6.07, 6.45) is 1.31. The zero-order chi connectivity index (χ0) is 16.1. The third-order valence-corrected chi connectivity index (χ3v) is 5.52. The van der Waals surface area contributed by atoms with E-state index in [-0.39, 0.29) is 6.09 Å². The standard InChI is InChI=1S/C17H23NO4/c1-6-16(2)17(3)12-10-14(21-5)13(20-4)9-11(12)7-8-18(17)15(19)22-16/h9-10H,6-8H2,1-5H3/t16-,17+/m1/s1. The molecule has 0 unspecified atom stereocenters. The Morgan fingerprint density at radius 2 is 1.86 bits per heavy atom. The van der Waals surface area contributed by atoms with E-state index in [9.17, 15) is 4.79 Å². The molecular weight excluding hydrogens is 282 g/mol. The molecule has 5 nitrogen and oxygen atoms in total. The van der Waals surface area contributed by atoms with Gasteiger partial charge in [0.2, 0.25) is 0 Å². The van der Waals surface area contributed by atoms with Crippen LogP contribution in [0.4, 0.5) is 4.79 Å². The molecule has 22 heavy (non-hydrogen) atoms. The largest absolute Gasteiger partial charge is 0.493 e. The van der Waals surface area contributed by atoms with Crippen molar-refractivity contribution in [2.24, 2.45) is 0 Å². The van der Waals surface area contributed by atoms with Gasteiger partial charge in [-0.3, -0.25) is 4.90 Å². The number of cyclic esters (lactones) is 1. The average molecular weight is 305 g/mol. The number of fused-ring (bicyclic) bond motifs is 3. The van der Waals surface area contributed by atoms with Crippen molar-refractivity contribution in [2.75, 3.05) is 20.8 Å².